The minimum Gasteiger partial charge on any atom is -0.494 e. The number of hydrogen-bond acceptors (Lipinski definition) is 4. The summed E-state index contributed by atoms with van der Waals surface area (Å²) in [6, 6.07) is 15.9. The zero-order valence-corrected chi connectivity index (χ0v) is 12.6. The van der Waals surface area contributed by atoms with Gasteiger partial charge in [0, 0.05) is 0 Å². The Hall–Kier alpha value is -2.45. The number of nitrogens with one attached hydrogen (secondary N) is 1. The van der Waals surface area contributed by atoms with Gasteiger partial charge in [0.25, 0.3) is 0 Å². The van der Waals surface area contributed by atoms with Gasteiger partial charge in [-0.15, -0.1) is 0 Å². The third-order valence-electron chi connectivity index (χ3n) is 2.86. The highest BCUT2D eigenvalue weighted by Gasteiger charge is 2.06. The normalized spacial score (nSPS) is 10.8. The summed E-state index contributed by atoms with van der Waals surface area (Å²) in [5.41, 5.74) is 2.84. The van der Waals surface area contributed by atoms with Gasteiger partial charge in [-0.05, 0) is 29.5 Å². The van der Waals surface area contributed by atoms with Crippen LogP contribution in [0.3, 0.4) is 0 Å². The summed E-state index contributed by atoms with van der Waals surface area (Å²) in [7, 11) is 1.60. The van der Waals surface area contributed by atoms with Gasteiger partial charge >= 0.3 is 0 Å². The molecule has 0 heterocycles. The van der Waals surface area contributed by atoms with Crippen LogP contribution < -0.4 is 10.1 Å². The SMILES string of the molecule is COc1ccc(-c2ccccc2)cc1N=C(NC#N)SC. The molecule has 0 aliphatic heterocycles. The fourth-order valence-electron chi connectivity index (χ4n) is 1.87. The van der Waals surface area contributed by atoms with E-state index in [1.54, 1.807) is 7.11 Å². The van der Waals surface area contributed by atoms with E-state index in [9.17, 15) is 0 Å². The van der Waals surface area contributed by atoms with Crippen molar-refractivity contribution in [2.45, 2.75) is 0 Å². The maximum absolute atomic E-state index is 8.72. The number of benzene rings is 2. The second-order valence-corrected chi connectivity index (χ2v) is 4.91. The van der Waals surface area contributed by atoms with Gasteiger partial charge in [-0.3, -0.25) is 5.32 Å². The van der Waals surface area contributed by atoms with Gasteiger partial charge in [0.1, 0.15) is 11.4 Å². The average molecular weight is 297 g/mol. The fourth-order valence-corrected chi connectivity index (χ4v) is 2.21. The quantitative estimate of drug-likeness (QED) is 0.405. The molecule has 0 aromatic heterocycles. The van der Waals surface area contributed by atoms with Crippen molar-refractivity contribution in [3.63, 3.8) is 0 Å². The molecular formula is C16H15N3OS. The van der Waals surface area contributed by atoms with E-state index in [1.165, 1.54) is 11.8 Å². The van der Waals surface area contributed by atoms with Crippen LogP contribution in [0.2, 0.25) is 0 Å². The first-order chi connectivity index (χ1) is 10.3. The molecule has 0 spiro atoms. The number of thioether (sulfide) groups is 1. The molecule has 4 nitrogen and oxygen atoms in total. The Balaban J connectivity index is 2.46. The second kappa shape index (κ2) is 7.36. The Morgan fingerprint density at radius 2 is 1.95 bits per heavy atom. The molecule has 0 bridgehead atoms. The van der Waals surface area contributed by atoms with E-state index in [0.29, 0.717) is 16.6 Å². The molecule has 0 amide bonds. The number of nitriles is 1. The molecule has 0 unspecified atom stereocenters. The van der Waals surface area contributed by atoms with E-state index < -0.39 is 0 Å². The smallest absolute Gasteiger partial charge is 0.183 e. The van der Waals surface area contributed by atoms with Crippen LogP contribution in [-0.2, 0) is 0 Å². The van der Waals surface area contributed by atoms with Crippen molar-refractivity contribution in [3.05, 3.63) is 48.5 Å². The number of ether oxygens (including phenoxy) is 1. The largest absolute Gasteiger partial charge is 0.494 e. The Bertz CT molecular complexity index is 678. The predicted octanol–water partition coefficient (Wildman–Crippen LogP) is 3.78. The monoisotopic (exact) mass is 297 g/mol. The van der Waals surface area contributed by atoms with Gasteiger partial charge in [-0.2, -0.15) is 5.26 Å². The number of aliphatic imine (C=N–C) groups is 1. The van der Waals surface area contributed by atoms with Crippen molar-refractivity contribution < 1.29 is 4.74 Å². The maximum atomic E-state index is 8.72. The first-order valence-electron chi connectivity index (χ1n) is 6.29. The van der Waals surface area contributed by atoms with E-state index in [2.05, 4.69) is 10.3 Å². The van der Waals surface area contributed by atoms with Gasteiger partial charge in [0.2, 0.25) is 0 Å². The fraction of sp³-hybridized carbons (Fsp3) is 0.125. The van der Waals surface area contributed by atoms with Crippen LogP contribution >= 0.6 is 11.8 Å². The van der Waals surface area contributed by atoms with E-state index in [1.807, 2.05) is 61.0 Å². The average Bonchev–Trinajstić information content (AvgIpc) is 2.55. The predicted molar refractivity (Wildman–Crippen MR) is 87.8 cm³/mol. The molecule has 0 atom stereocenters. The minimum atomic E-state index is 0.529. The molecule has 0 saturated heterocycles. The van der Waals surface area contributed by atoms with E-state index in [-0.39, 0.29) is 0 Å². The van der Waals surface area contributed by atoms with Crippen molar-refractivity contribution >= 4 is 22.6 Å². The summed E-state index contributed by atoms with van der Waals surface area (Å²) < 4.78 is 5.33. The molecule has 2 aromatic rings. The van der Waals surface area contributed by atoms with Gasteiger partial charge in [-0.1, -0.05) is 48.2 Å². The van der Waals surface area contributed by atoms with Gasteiger partial charge < -0.3 is 4.74 Å². The zero-order valence-electron chi connectivity index (χ0n) is 11.8. The van der Waals surface area contributed by atoms with Crippen LogP contribution in [0, 0.1) is 11.5 Å². The van der Waals surface area contributed by atoms with Crippen LogP contribution in [-0.4, -0.2) is 18.5 Å². The van der Waals surface area contributed by atoms with Crippen molar-refractivity contribution in [1.82, 2.24) is 5.32 Å². The lowest BCUT2D eigenvalue weighted by Crippen LogP contribution is -2.12. The molecule has 0 saturated carbocycles. The van der Waals surface area contributed by atoms with Gasteiger partial charge in [0.15, 0.2) is 11.4 Å². The molecular weight excluding hydrogens is 282 g/mol. The lowest BCUT2D eigenvalue weighted by molar-refractivity contribution is 0.416. The molecule has 1 N–H and O–H groups in total. The molecule has 0 aliphatic rings. The van der Waals surface area contributed by atoms with Crippen LogP contribution in [0.5, 0.6) is 5.75 Å². The van der Waals surface area contributed by atoms with Crippen molar-refractivity contribution in [3.8, 4) is 23.1 Å². The molecule has 106 valence electrons. The standard InChI is InChI=1S/C16H15N3OS/c1-20-15-9-8-13(12-6-4-3-5-7-12)10-14(15)19-16(21-2)18-11-17/h3-10H,1-2H3,(H,18,19). The molecule has 0 fully saturated rings. The summed E-state index contributed by atoms with van der Waals surface area (Å²) in [5.74, 6) is 0.668. The first kappa shape index (κ1) is 14.9. The third kappa shape index (κ3) is 3.77. The lowest BCUT2D eigenvalue weighted by atomic mass is 10.1. The molecule has 0 aliphatic carbocycles. The van der Waals surface area contributed by atoms with Crippen LogP contribution in [0.4, 0.5) is 5.69 Å². The lowest BCUT2D eigenvalue weighted by Gasteiger charge is -2.09. The van der Waals surface area contributed by atoms with Crippen LogP contribution in [0.1, 0.15) is 0 Å². The summed E-state index contributed by atoms with van der Waals surface area (Å²) in [4.78, 5) is 4.44. The molecule has 21 heavy (non-hydrogen) atoms. The number of amidine groups is 1. The molecule has 0 radical (unpaired) electrons. The number of rotatable bonds is 3. The van der Waals surface area contributed by atoms with Crippen LogP contribution in [0.25, 0.3) is 11.1 Å². The summed E-state index contributed by atoms with van der Waals surface area (Å²) in [6.45, 7) is 0. The minimum absolute atomic E-state index is 0.529. The highest BCUT2D eigenvalue weighted by Crippen LogP contribution is 2.33. The van der Waals surface area contributed by atoms with Crippen molar-refractivity contribution in [2.75, 3.05) is 13.4 Å². The third-order valence-corrected chi connectivity index (χ3v) is 3.44. The second-order valence-electron chi connectivity index (χ2n) is 4.11. The van der Waals surface area contributed by atoms with Gasteiger partial charge in [0.05, 0.1) is 7.11 Å². The Morgan fingerprint density at radius 1 is 1.19 bits per heavy atom. The molecule has 2 rings (SSSR count). The van der Waals surface area contributed by atoms with Crippen LogP contribution in [0.15, 0.2) is 53.5 Å². The van der Waals surface area contributed by atoms with E-state index in [4.69, 9.17) is 10.00 Å². The number of nitrogens with zero attached hydrogens (tertiary/aromatic N) is 2. The first-order valence-corrected chi connectivity index (χ1v) is 7.52. The molecule has 2 aromatic carbocycles. The molecule has 5 heteroatoms. The summed E-state index contributed by atoms with van der Waals surface area (Å²) >= 11 is 1.37. The Labute approximate surface area is 128 Å². The number of hydrogen-bond donors (Lipinski definition) is 1. The number of methoxy groups -OCH3 is 1. The van der Waals surface area contributed by atoms with E-state index >= 15 is 0 Å². The highest BCUT2D eigenvalue weighted by molar-refractivity contribution is 8.13. The Kier molecular flexibility index (Phi) is 5.24. The maximum Gasteiger partial charge on any atom is 0.183 e. The zero-order chi connectivity index (χ0) is 15.1. The van der Waals surface area contributed by atoms with E-state index in [0.717, 1.165) is 11.1 Å². The summed E-state index contributed by atoms with van der Waals surface area (Å²) in [5, 5.41) is 11.8. The van der Waals surface area contributed by atoms with Crippen molar-refractivity contribution in [1.29, 1.82) is 5.26 Å². The van der Waals surface area contributed by atoms with Gasteiger partial charge in [-0.25, -0.2) is 4.99 Å². The topological polar surface area (TPSA) is 57.4 Å². The highest BCUT2D eigenvalue weighted by atomic mass is 32.2. The summed E-state index contributed by atoms with van der Waals surface area (Å²) in [6.07, 6.45) is 3.74. The van der Waals surface area contributed by atoms with Crippen molar-refractivity contribution in [2.24, 2.45) is 4.99 Å². The Morgan fingerprint density at radius 3 is 2.57 bits per heavy atom.